The fourth-order valence-corrected chi connectivity index (χ4v) is 2.92. The van der Waals surface area contributed by atoms with Gasteiger partial charge in [0.1, 0.15) is 5.78 Å². The third-order valence-corrected chi connectivity index (χ3v) is 3.64. The van der Waals surface area contributed by atoms with Crippen molar-refractivity contribution in [2.24, 2.45) is 5.41 Å². The van der Waals surface area contributed by atoms with Gasteiger partial charge in [0.2, 0.25) is 0 Å². The zero-order valence-corrected chi connectivity index (χ0v) is 9.38. The van der Waals surface area contributed by atoms with Crippen molar-refractivity contribution in [2.75, 3.05) is 13.1 Å². The molecule has 0 aromatic heterocycles. The first-order chi connectivity index (χ1) is 6.58. The van der Waals surface area contributed by atoms with Crippen molar-refractivity contribution in [3.05, 3.63) is 0 Å². The van der Waals surface area contributed by atoms with Gasteiger partial charge < -0.3 is 0 Å². The highest BCUT2D eigenvalue weighted by molar-refractivity contribution is 5.85. The number of piperidine rings is 1. The minimum atomic E-state index is 0.273. The summed E-state index contributed by atoms with van der Waals surface area (Å²) in [7, 11) is 0. The van der Waals surface area contributed by atoms with E-state index in [2.05, 4.69) is 18.7 Å². The van der Waals surface area contributed by atoms with E-state index in [0.29, 0.717) is 11.2 Å². The predicted octanol–water partition coefficient (Wildman–Crippen LogP) is 2.23. The quantitative estimate of drug-likeness (QED) is 0.639. The number of hydrogen-bond donors (Lipinski definition) is 0. The second-order valence-corrected chi connectivity index (χ2v) is 5.61. The molecule has 2 nitrogen and oxygen atoms in total. The van der Waals surface area contributed by atoms with Crippen molar-refractivity contribution in [1.29, 1.82) is 0 Å². The molecule has 1 unspecified atom stereocenters. The molecule has 0 aromatic carbocycles. The van der Waals surface area contributed by atoms with Crippen LogP contribution in [0.2, 0.25) is 0 Å². The van der Waals surface area contributed by atoms with Crippen molar-refractivity contribution < 1.29 is 4.79 Å². The van der Waals surface area contributed by atoms with Gasteiger partial charge >= 0.3 is 0 Å². The molecule has 0 spiro atoms. The lowest BCUT2D eigenvalue weighted by Crippen LogP contribution is -2.47. The monoisotopic (exact) mass is 195 g/mol. The zero-order valence-electron chi connectivity index (χ0n) is 9.38. The van der Waals surface area contributed by atoms with Crippen molar-refractivity contribution in [1.82, 2.24) is 4.90 Å². The average Bonchev–Trinajstić information content (AvgIpc) is 2.49. The van der Waals surface area contributed by atoms with Gasteiger partial charge in [-0.15, -0.1) is 0 Å². The van der Waals surface area contributed by atoms with Gasteiger partial charge in [-0.25, -0.2) is 0 Å². The van der Waals surface area contributed by atoms with Crippen molar-refractivity contribution >= 4 is 5.78 Å². The van der Waals surface area contributed by atoms with Gasteiger partial charge in [-0.3, -0.25) is 9.69 Å². The number of ketones is 1. The lowest BCUT2D eigenvalue weighted by molar-refractivity contribution is -0.122. The molecule has 0 amide bonds. The van der Waals surface area contributed by atoms with Crippen molar-refractivity contribution in [2.45, 2.75) is 52.0 Å². The van der Waals surface area contributed by atoms with E-state index >= 15 is 0 Å². The van der Waals surface area contributed by atoms with Gasteiger partial charge in [0.15, 0.2) is 0 Å². The predicted molar refractivity (Wildman–Crippen MR) is 57.2 cm³/mol. The molecule has 14 heavy (non-hydrogen) atoms. The SMILES string of the molecule is CC1(C)CCCN(C2CCCC2=O)C1. The molecule has 1 saturated heterocycles. The maximum Gasteiger partial charge on any atom is 0.149 e. The van der Waals surface area contributed by atoms with Gasteiger partial charge in [-0.2, -0.15) is 0 Å². The van der Waals surface area contributed by atoms with Crippen LogP contribution in [0.4, 0.5) is 0 Å². The first kappa shape index (κ1) is 10.2. The molecule has 1 saturated carbocycles. The molecule has 2 aliphatic rings. The normalized spacial score (nSPS) is 33.6. The zero-order chi connectivity index (χ0) is 10.2. The Morgan fingerprint density at radius 2 is 2.14 bits per heavy atom. The summed E-state index contributed by atoms with van der Waals surface area (Å²) in [6.07, 6.45) is 5.61. The number of carbonyl (C=O) groups is 1. The lowest BCUT2D eigenvalue weighted by Gasteiger charge is -2.40. The van der Waals surface area contributed by atoms with Gasteiger partial charge in [0.05, 0.1) is 6.04 Å². The van der Waals surface area contributed by atoms with Crippen LogP contribution >= 0.6 is 0 Å². The molecule has 1 heterocycles. The highest BCUT2D eigenvalue weighted by Crippen LogP contribution is 2.32. The highest BCUT2D eigenvalue weighted by atomic mass is 16.1. The van der Waals surface area contributed by atoms with Crippen LogP contribution in [0, 0.1) is 5.41 Å². The fourth-order valence-electron chi connectivity index (χ4n) is 2.92. The van der Waals surface area contributed by atoms with E-state index in [1.54, 1.807) is 0 Å². The third-order valence-electron chi connectivity index (χ3n) is 3.64. The summed E-state index contributed by atoms with van der Waals surface area (Å²) in [6, 6.07) is 0.273. The molecule has 80 valence electrons. The fraction of sp³-hybridized carbons (Fsp3) is 0.917. The van der Waals surface area contributed by atoms with E-state index in [9.17, 15) is 4.79 Å². The molecule has 1 aliphatic heterocycles. The molecule has 0 bridgehead atoms. The van der Waals surface area contributed by atoms with Crippen LogP contribution in [0.3, 0.4) is 0 Å². The Morgan fingerprint density at radius 3 is 2.71 bits per heavy atom. The molecule has 1 atom stereocenters. The standard InChI is InChI=1S/C12H21NO/c1-12(2)7-4-8-13(9-12)10-5-3-6-11(10)14/h10H,3-9H2,1-2H3. The number of Topliss-reactive ketones (excluding diaryl/α,β-unsaturated/α-hetero) is 1. The topological polar surface area (TPSA) is 20.3 Å². The lowest BCUT2D eigenvalue weighted by atomic mass is 9.83. The Morgan fingerprint density at radius 1 is 1.36 bits per heavy atom. The van der Waals surface area contributed by atoms with Crippen LogP contribution in [0.1, 0.15) is 46.0 Å². The Bertz CT molecular complexity index is 234. The smallest absolute Gasteiger partial charge is 0.149 e. The van der Waals surface area contributed by atoms with Crippen molar-refractivity contribution in [3.8, 4) is 0 Å². The van der Waals surface area contributed by atoms with E-state index < -0.39 is 0 Å². The molecule has 0 radical (unpaired) electrons. The van der Waals surface area contributed by atoms with Crippen LogP contribution in [0.5, 0.6) is 0 Å². The Hall–Kier alpha value is -0.370. The van der Waals surface area contributed by atoms with E-state index in [-0.39, 0.29) is 6.04 Å². The van der Waals surface area contributed by atoms with E-state index in [0.717, 1.165) is 32.4 Å². The largest absolute Gasteiger partial charge is 0.298 e. The summed E-state index contributed by atoms with van der Waals surface area (Å²) >= 11 is 0. The summed E-state index contributed by atoms with van der Waals surface area (Å²) in [5, 5.41) is 0. The van der Waals surface area contributed by atoms with E-state index in [1.807, 2.05) is 0 Å². The van der Waals surface area contributed by atoms with E-state index in [4.69, 9.17) is 0 Å². The summed E-state index contributed by atoms with van der Waals surface area (Å²) in [5.74, 6) is 0.489. The summed E-state index contributed by atoms with van der Waals surface area (Å²) in [6.45, 7) is 6.89. The van der Waals surface area contributed by atoms with E-state index in [1.165, 1.54) is 12.8 Å². The van der Waals surface area contributed by atoms with Crippen molar-refractivity contribution in [3.63, 3.8) is 0 Å². The van der Waals surface area contributed by atoms with Gasteiger partial charge in [0.25, 0.3) is 0 Å². The molecule has 0 N–H and O–H groups in total. The van der Waals surface area contributed by atoms with Crippen LogP contribution < -0.4 is 0 Å². The summed E-state index contributed by atoms with van der Waals surface area (Å²) < 4.78 is 0. The van der Waals surface area contributed by atoms with Crippen LogP contribution in [0.25, 0.3) is 0 Å². The molecule has 2 rings (SSSR count). The van der Waals surface area contributed by atoms with Gasteiger partial charge in [-0.05, 0) is 37.6 Å². The minimum Gasteiger partial charge on any atom is -0.298 e. The maximum atomic E-state index is 11.6. The summed E-state index contributed by atoms with van der Waals surface area (Å²) in [4.78, 5) is 14.1. The van der Waals surface area contributed by atoms with Crippen LogP contribution in [-0.4, -0.2) is 29.8 Å². The Kier molecular flexibility index (Phi) is 2.65. The Balaban J connectivity index is 2.00. The van der Waals surface area contributed by atoms with Gasteiger partial charge in [-0.1, -0.05) is 13.8 Å². The number of likely N-dealkylation sites (tertiary alicyclic amines) is 1. The Labute approximate surface area is 86.7 Å². The number of nitrogens with zero attached hydrogens (tertiary/aromatic N) is 1. The number of carbonyl (C=O) groups excluding carboxylic acids is 1. The molecule has 0 aromatic rings. The highest BCUT2D eigenvalue weighted by Gasteiger charge is 2.35. The third kappa shape index (κ3) is 2.00. The summed E-state index contributed by atoms with van der Waals surface area (Å²) in [5.41, 5.74) is 0.418. The average molecular weight is 195 g/mol. The molecular formula is C12H21NO. The number of hydrogen-bond acceptors (Lipinski definition) is 2. The minimum absolute atomic E-state index is 0.273. The molecular weight excluding hydrogens is 174 g/mol. The molecule has 1 aliphatic carbocycles. The second kappa shape index (κ2) is 3.65. The molecule has 2 heteroatoms. The molecule has 2 fully saturated rings. The van der Waals surface area contributed by atoms with Crippen LogP contribution in [0.15, 0.2) is 0 Å². The van der Waals surface area contributed by atoms with Gasteiger partial charge in [0, 0.05) is 13.0 Å². The maximum absolute atomic E-state index is 11.6. The first-order valence-corrected chi connectivity index (χ1v) is 5.85. The number of rotatable bonds is 1. The first-order valence-electron chi connectivity index (χ1n) is 5.85. The van der Waals surface area contributed by atoms with Crippen LogP contribution in [-0.2, 0) is 4.79 Å². The second-order valence-electron chi connectivity index (χ2n) is 5.61.